The largest absolute Gasteiger partial charge is 0.486 e. The fraction of sp³-hybridized carbons (Fsp3) is 0.462. The van der Waals surface area contributed by atoms with E-state index in [1.54, 1.807) is 4.68 Å². The van der Waals surface area contributed by atoms with Crippen molar-refractivity contribution in [3.05, 3.63) is 12.1 Å². The number of carbonyl (C=O) groups excluding carboxylic acids is 1. The fourth-order valence-corrected chi connectivity index (χ4v) is 2.18. The van der Waals surface area contributed by atoms with Crippen molar-refractivity contribution in [1.82, 2.24) is 20.3 Å². The zero-order chi connectivity index (χ0) is 14.7. The first-order chi connectivity index (χ1) is 10.3. The predicted octanol–water partition coefficient (Wildman–Crippen LogP) is -0.333. The Kier molecular flexibility index (Phi) is 3.87. The molecule has 0 bridgehead atoms. The summed E-state index contributed by atoms with van der Waals surface area (Å²) in [5.41, 5.74) is 6.89. The minimum Gasteiger partial charge on any atom is -0.486 e. The van der Waals surface area contributed by atoms with Gasteiger partial charge in [0.25, 0.3) is 0 Å². The zero-order valence-corrected chi connectivity index (χ0v) is 11.5. The van der Waals surface area contributed by atoms with Crippen LogP contribution in [0.4, 0.5) is 0 Å². The molecule has 0 aliphatic carbocycles. The molecule has 3 N–H and O–H groups in total. The molecule has 0 fully saturated rings. The molecule has 8 heteroatoms. The number of fused-ring (bicyclic) bond motifs is 2. The van der Waals surface area contributed by atoms with E-state index in [-0.39, 0.29) is 5.91 Å². The smallest absolute Gasteiger partial charge is 0.221 e. The first kappa shape index (κ1) is 13.6. The van der Waals surface area contributed by atoms with Crippen molar-refractivity contribution in [1.29, 1.82) is 0 Å². The Labute approximate surface area is 121 Å². The molecule has 0 spiro atoms. The molecule has 0 unspecified atom stereocenters. The van der Waals surface area contributed by atoms with Gasteiger partial charge in [0.1, 0.15) is 18.7 Å². The molecule has 1 aliphatic rings. The fourth-order valence-electron chi connectivity index (χ4n) is 2.18. The molecular weight excluding hydrogens is 274 g/mol. The topological polar surface area (TPSA) is 104 Å². The third-order valence-corrected chi connectivity index (χ3v) is 3.20. The van der Waals surface area contributed by atoms with Crippen molar-refractivity contribution >= 4 is 16.9 Å². The van der Waals surface area contributed by atoms with Gasteiger partial charge in [0.15, 0.2) is 11.5 Å². The van der Waals surface area contributed by atoms with Crippen LogP contribution in [-0.4, -0.2) is 47.2 Å². The summed E-state index contributed by atoms with van der Waals surface area (Å²) in [6, 6.07) is 3.66. The highest BCUT2D eigenvalue weighted by Crippen LogP contribution is 2.33. The van der Waals surface area contributed by atoms with Crippen molar-refractivity contribution in [2.75, 3.05) is 26.3 Å². The lowest BCUT2D eigenvalue weighted by Crippen LogP contribution is -2.29. The SMILES string of the molecule is NCCNC(=O)CCn1nnc2cc3c(cc21)OCCO3. The summed E-state index contributed by atoms with van der Waals surface area (Å²) in [5.74, 6) is 1.31. The average molecular weight is 291 g/mol. The van der Waals surface area contributed by atoms with E-state index in [0.29, 0.717) is 50.8 Å². The number of nitrogens with one attached hydrogen (secondary N) is 1. The van der Waals surface area contributed by atoms with E-state index in [2.05, 4.69) is 15.6 Å². The average Bonchev–Trinajstić information content (AvgIpc) is 2.90. The van der Waals surface area contributed by atoms with Crippen LogP contribution in [0, 0.1) is 0 Å². The van der Waals surface area contributed by atoms with Crippen LogP contribution >= 0.6 is 0 Å². The first-order valence-electron chi connectivity index (χ1n) is 6.87. The highest BCUT2D eigenvalue weighted by Gasteiger charge is 2.16. The first-order valence-corrected chi connectivity index (χ1v) is 6.87. The van der Waals surface area contributed by atoms with Gasteiger partial charge in [-0.25, -0.2) is 4.68 Å². The molecule has 1 aromatic carbocycles. The van der Waals surface area contributed by atoms with Gasteiger partial charge in [-0.3, -0.25) is 4.79 Å². The second-order valence-corrected chi connectivity index (χ2v) is 4.69. The van der Waals surface area contributed by atoms with Gasteiger partial charge in [-0.05, 0) is 0 Å². The van der Waals surface area contributed by atoms with E-state index >= 15 is 0 Å². The Morgan fingerprint density at radius 1 is 1.33 bits per heavy atom. The quantitative estimate of drug-likeness (QED) is 0.781. The molecule has 0 atom stereocenters. The Morgan fingerprint density at radius 3 is 2.86 bits per heavy atom. The number of aromatic nitrogens is 3. The number of nitrogens with zero attached hydrogens (tertiary/aromatic N) is 3. The van der Waals surface area contributed by atoms with E-state index in [1.165, 1.54) is 0 Å². The van der Waals surface area contributed by atoms with Crippen LogP contribution in [0.5, 0.6) is 11.5 Å². The van der Waals surface area contributed by atoms with E-state index in [0.717, 1.165) is 11.0 Å². The summed E-state index contributed by atoms with van der Waals surface area (Å²) in [6.45, 7) is 2.43. The number of carbonyl (C=O) groups is 1. The number of nitrogens with two attached hydrogens (primary N) is 1. The van der Waals surface area contributed by atoms with Crippen molar-refractivity contribution in [3.63, 3.8) is 0 Å². The summed E-state index contributed by atoms with van der Waals surface area (Å²) in [5, 5.41) is 10.9. The van der Waals surface area contributed by atoms with Crippen LogP contribution in [0.15, 0.2) is 12.1 Å². The van der Waals surface area contributed by atoms with Gasteiger partial charge in [0.2, 0.25) is 5.91 Å². The van der Waals surface area contributed by atoms with E-state index in [1.807, 2.05) is 12.1 Å². The number of rotatable bonds is 5. The van der Waals surface area contributed by atoms with Crippen LogP contribution < -0.4 is 20.5 Å². The summed E-state index contributed by atoms with van der Waals surface area (Å²) < 4.78 is 12.7. The van der Waals surface area contributed by atoms with Gasteiger partial charge in [0.05, 0.1) is 12.1 Å². The molecule has 0 radical (unpaired) electrons. The summed E-state index contributed by atoms with van der Waals surface area (Å²) in [6.07, 6.45) is 0.326. The number of aryl methyl sites for hydroxylation is 1. The molecule has 0 saturated heterocycles. The van der Waals surface area contributed by atoms with Gasteiger partial charge in [0, 0.05) is 31.6 Å². The molecule has 0 saturated carbocycles. The molecule has 3 rings (SSSR count). The summed E-state index contributed by atoms with van der Waals surface area (Å²) >= 11 is 0. The normalized spacial score (nSPS) is 13.4. The van der Waals surface area contributed by atoms with Crippen molar-refractivity contribution < 1.29 is 14.3 Å². The Hall–Kier alpha value is -2.35. The zero-order valence-electron chi connectivity index (χ0n) is 11.5. The maximum atomic E-state index is 11.6. The maximum absolute atomic E-state index is 11.6. The lowest BCUT2D eigenvalue weighted by Gasteiger charge is -2.17. The molecule has 1 aliphatic heterocycles. The van der Waals surface area contributed by atoms with Gasteiger partial charge >= 0.3 is 0 Å². The monoisotopic (exact) mass is 291 g/mol. The molecule has 21 heavy (non-hydrogen) atoms. The van der Waals surface area contributed by atoms with Crippen LogP contribution in [0.25, 0.3) is 11.0 Å². The lowest BCUT2D eigenvalue weighted by atomic mass is 10.2. The standard InChI is InChI=1S/C13H17N5O3/c14-2-3-15-13(19)1-4-18-10-8-12-11(20-5-6-21-12)7-9(10)16-17-18/h7-8H,1-6,14H2,(H,15,19). The third kappa shape index (κ3) is 2.89. The number of ether oxygens (including phenoxy) is 2. The Balaban J connectivity index is 1.75. The molecule has 8 nitrogen and oxygen atoms in total. The summed E-state index contributed by atoms with van der Waals surface area (Å²) in [7, 11) is 0. The van der Waals surface area contributed by atoms with Crippen LogP contribution in [0.3, 0.4) is 0 Å². The van der Waals surface area contributed by atoms with Crippen LogP contribution in [-0.2, 0) is 11.3 Å². The van der Waals surface area contributed by atoms with Crippen LogP contribution in [0.1, 0.15) is 6.42 Å². The minimum atomic E-state index is -0.0540. The maximum Gasteiger partial charge on any atom is 0.221 e. The van der Waals surface area contributed by atoms with Crippen molar-refractivity contribution in [2.45, 2.75) is 13.0 Å². The van der Waals surface area contributed by atoms with E-state index < -0.39 is 0 Å². The summed E-state index contributed by atoms with van der Waals surface area (Å²) in [4.78, 5) is 11.6. The van der Waals surface area contributed by atoms with Gasteiger partial charge in [-0.15, -0.1) is 5.10 Å². The lowest BCUT2D eigenvalue weighted by molar-refractivity contribution is -0.121. The van der Waals surface area contributed by atoms with Gasteiger partial charge < -0.3 is 20.5 Å². The molecular formula is C13H17N5O3. The molecule has 112 valence electrons. The second kappa shape index (κ2) is 5.96. The van der Waals surface area contributed by atoms with Gasteiger partial charge in [-0.2, -0.15) is 0 Å². The van der Waals surface area contributed by atoms with Crippen molar-refractivity contribution in [2.24, 2.45) is 5.73 Å². The van der Waals surface area contributed by atoms with Crippen molar-refractivity contribution in [3.8, 4) is 11.5 Å². The molecule has 2 aromatic rings. The number of hydrogen-bond donors (Lipinski definition) is 2. The number of hydrogen-bond acceptors (Lipinski definition) is 6. The van der Waals surface area contributed by atoms with E-state index in [9.17, 15) is 4.79 Å². The Bertz CT molecular complexity index is 655. The molecule has 1 aromatic heterocycles. The minimum absolute atomic E-state index is 0.0540. The Morgan fingerprint density at radius 2 is 2.10 bits per heavy atom. The number of amides is 1. The highest BCUT2D eigenvalue weighted by molar-refractivity contribution is 5.80. The number of benzene rings is 1. The predicted molar refractivity (Wildman–Crippen MR) is 75.2 cm³/mol. The van der Waals surface area contributed by atoms with E-state index in [4.69, 9.17) is 15.2 Å². The molecule has 2 heterocycles. The van der Waals surface area contributed by atoms with Crippen LogP contribution in [0.2, 0.25) is 0 Å². The van der Waals surface area contributed by atoms with Gasteiger partial charge in [-0.1, -0.05) is 5.21 Å². The highest BCUT2D eigenvalue weighted by atomic mass is 16.6. The second-order valence-electron chi connectivity index (χ2n) is 4.69. The third-order valence-electron chi connectivity index (χ3n) is 3.20. The molecule has 1 amide bonds.